The maximum atomic E-state index is 11.4. The van der Waals surface area contributed by atoms with Gasteiger partial charge in [0, 0.05) is 6.54 Å². The van der Waals surface area contributed by atoms with E-state index in [0.29, 0.717) is 13.2 Å². The molecule has 0 fully saturated rings. The number of hydrogen-bond acceptors (Lipinski definition) is 5. The zero-order chi connectivity index (χ0) is 21.2. The fourth-order valence-corrected chi connectivity index (χ4v) is 3.58. The Morgan fingerprint density at radius 3 is 2.60 bits per heavy atom. The number of fused-ring (bicyclic) bond motifs is 1. The van der Waals surface area contributed by atoms with Crippen LogP contribution in [-0.2, 0) is 16.0 Å². The molecule has 4 N–H and O–H groups in total. The van der Waals surface area contributed by atoms with Crippen LogP contribution in [0, 0.1) is 0 Å². The Balaban J connectivity index is 1.47. The molecule has 2 aromatic carbocycles. The third-order valence-electron chi connectivity index (χ3n) is 5.34. The molecule has 0 saturated carbocycles. The highest BCUT2D eigenvalue weighted by atomic mass is 16.5. The van der Waals surface area contributed by atoms with Crippen molar-refractivity contribution in [1.82, 2.24) is 0 Å². The van der Waals surface area contributed by atoms with Gasteiger partial charge in [0.25, 0.3) is 0 Å². The smallest absolute Gasteiger partial charge is 0.324 e. The first-order valence-electron chi connectivity index (χ1n) is 10.8. The number of aryl methyl sites for hydroxylation is 1. The molecule has 3 rings (SSSR count). The molecule has 30 heavy (non-hydrogen) atoms. The minimum atomic E-state index is -0.724. The highest BCUT2D eigenvalue weighted by molar-refractivity contribution is 5.83. The van der Waals surface area contributed by atoms with Gasteiger partial charge in [-0.15, -0.1) is 0 Å². The van der Waals surface area contributed by atoms with Crippen molar-refractivity contribution in [1.29, 1.82) is 0 Å². The Hall–Kier alpha value is -2.63. The van der Waals surface area contributed by atoms with E-state index in [2.05, 4.69) is 54.6 Å². The molecule has 0 aliphatic heterocycles. The normalized spacial score (nSPS) is 14.3. The molecule has 1 aliphatic rings. The van der Waals surface area contributed by atoms with Crippen LogP contribution in [0.2, 0.25) is 0 Å². The van der Waals surface area contributed by atoms with Crippen LogP contribution in [0.25, 0.3) is 11.6 Å². The molecule has 0 aromatic heterocycles. The second kappa shape index (κ2) is 11.5. The van der Waals surface area contributed by atoms with Crippen LogP contribution in [-0.4, -0.2) is 31.8 Å². The Bertz CT molecular complexity index is 849. The molecule has 1 unspecified atom stereocenters. The molecular formula is C25H32N2O3. The number of hydrogen-bond donors (Lipinski definition) is 2. The van der Waals surface area contributed by atoms with Crippen LogP contribution in [0.15, 0.2) is 48.5 Å². The summed E-state index contributed by atoms with van der Waals surface area (Å²) in [6.07, 6.45) is 8.28. The van der Waals surface area contributed by atoms with E-state index in [1.165, 1.54) is 22.3 Å². The quantitative estimate of drug-likeness (QED) is 0.459. The van der Waals surface area contributed by atoms with Crippen molar-refractivity contribution in [2.45, 2.75) is 44.6 Å². The Morgan fingerprint density at radius 2 is 1.80 bits per heavy atom. The number of carbonyl (C=O) groups excluding carboxylic acids is 1. The molecule has 0 radical (unpaired) electrons. The SMILES string of the molecule is NCC(N)C(=O)OCCCCCOc1ccc2c(c1)C=C(c1ccccc1)CCC2. The Labute approximate surface area is 179 Å². The maximum Gasteiger partial charge on any atom is 0.324 e. The largest absolute Gasteiger partial charge is 0.494 e. The fourth-order valence-electron chi connectivity index (χ4n) is 3.58. The lowest BCUT2D eigenvalue weighted by atomic mass is 10.0. The van der Waals surface area contributed by atoms with E-state index in [1.807, 2.05) is 0 Å². The van der Waals surface area contributed by atoms with Crippen molar-refractivity contribution < 1.29 is 14.3 Å². The van der Waals surface area contributed by atoms with Crippen molar-refractivity contribution >= 4 is 17.6 Å². The van der Waals surface area contributed by atoms with Crippen molar-refractivity contribution in [3.8, 4) is 5.75 Å². The molecule has 0 heterocycles. The topological polar surface area (TPSA) is 87.6 Å². The van der Waals surface area contributed by atoms with E-state index in [4.69, 9.17) is 20.9 Å². The molecule has 5 heteroatoms. The third-order valence-corrected chi connectivity index (χ3v) is 5.34. The average molecular weight is 409 g/mol. The summed E-state index contributed by atoms with van der Waals surface area (Å²) >= 11 is 0. The number of allylic oxidation sites excluding steroid dienone is 1. The fraction of sp³-hybridized carbons (Fsp3) is 0.400. The van der Waals surface area contributed by atoms with Gasteiger partial charge in [0.2, 0.25) is 0 Å². The summed E-state index contributed by atoms with van der Waals surface area (Å²) in [4.78, 5) is 11.4. The van der Waals surface area contributed by atoms with E-state index in [1.54, 1.807) is 0 Å². The number of unbranched alkanes of at least 4 members (excludes halogenated alkanes) is 2. The molecule has 0 saturated heterocycles. The van der Waals surface area contributed by atoms with Gasteiger partial charge in [-0.05, 0) is 72.9 Å². The highest BCUT2D eigenvalue weighted by Crippen LogP contribution is 2.31. The van der Waals surface area contributed by atoms with Crippen molar-refractivity contribution in [3.05, 3.63) is 65.2 Å². The van der Waals surface area contributed by atoms with E-state index >= 15 is 0 Å². The predicted octanol–water partition coefficient (Wildman–Crippen LogP) is 3.94. The molecule has 160 valence electrons. The van der Waals surface area contributed by atoms with Gasteiger partial charge in [-0.2, -0.15) is 0 Å². The van der Waals surface area contributed by atoms with Crippen LogP contribution in [0.4, 0.5) is 0 Å². The molecule has 0 bridgehead atoms. The zero-order valence-electron chi connectivity index (χ0n) is 17.5. The summed E-state index contributed by atoms with van der Waals surface area (Å²) in [5, 5.41) is 0. The second-order valence-corrected chi connectivity index (χ2v) is 7.67. The lowest BCUT2D eigenvalue weighted by Crippen LogP contribution is -2.39. The highest BCUT2D eigenvalue weighted by Gasteiger charge is 2.12. The van der Waals surface area contributed by atoms with Gasteiger partial charge in [0.15, 0.2) is 0 Å². The summed E-state index contributed by atoms with van der Waals surface area (Å²) in [6, 6.07) is 16.3. The molecule has 0 amide bonds. The number of ether oxygens (including phenoxy) is 2. The first-order valence-corrected chi connectivity index (χ1v) is 10.8. The summed E-state index contributed by atoms with van der Waals surface area (Å²) in [7, 11) is 0. The second-order valence-electron chi connectivity index (χ2n) is 7.67. The van der Waals surface area contributed by atoms with Gasteiger partial charge in [-0.3, -0.25) is 4.79 Å². The number of carbonyl (C=O) groups is 1. The Kier molecular flexibility index (Phi) is 8.48. The van der Waals surface area contributed by atoms with Crippen LogP contribution in [0.3, 0.4) is 0 Å². The van der Waals surface area contributed by atoms with Gasteiger partial charge < -0.3 is 20.9 Å². The van der Waals surface area contributed by atoms with E-state index < -0.39 is 12.0 Å². The van der Waals surface area contributed by atoms with Crippen LogP contribution >= 0.6 is 0 Å². The summed E-state index contributed by atoms with van der Waals surface area (Å²) in [5.41, 5.74) is 16.2. The predicted molar refractivity (Wildman–Crippen MR) is 121 cm³/mol. The van der Waals surface area contributed by atoms with Crippen molar-refractivity contribution in [2.75, 3.05) is 19.8 Å². The zero-order valence-corrected chi connectivity index (χ0v) is 17.5. The average Bonchev–Trinajstić information content (AvgIpc) is 3.00. The third kappa shape index (κ3) is 6.44. The standard InChI is InChI=1S/C25H32N2O3/c26-18-24(27)25(28)30-15-6-2-5-14-29-23-13-12-20-10-7-11-21(16-22(20)17-23)19-8-3-1-4-9-19/h1,3-4,8-9,12-13,16-17,24H,2,5-7,10-11,14-15,18,26-27H2. The van der Waals surface area contributed by atoms with Gasteiger partial charge >= 0.3 is 5.97 Å². The number of esters is 1. The lowest BCUT2D eigenvalue weighted by molar-refractivity contribution is -0.145. The summed E-state index contributed by atoms with van der Waals surface area (Å²) in [5.74, 6) is 0.473. The number of rotatable bonds is 10. The summed E-state index contributed by atoms with van der Waals surface area (Å²) in [6.45, 7) is 1.12. The van der Waals surface area contributed by atoms with Gasteiger partial charge in [-0.25, -0.2) is 0 Å². The number of benzene rings is 2. The first kappa shape index (κ1) is 22.1. The van der Waals surface area contributed by atoms with E-state index in [-0.39, 0.29) is 6.54 Å². The number of nitrogens with two attached hydrogens (primary N) is 2. The minimum absolute atomic E-state index is 0.107. The Morgan fingerprint density at radius 1 is 1.00 bits per heavy atom. The van der Waals surface area contributed by atoms with Crippen LogP contribution in [0.5, 0.6) is 5.75 Å². The van der Waals surface area contributed by atoms with Crippen molar-refractivity contribution in [3.63, 3.8) is 0 Å². The van der Waals surface area contributed by atoms with Gasteiger partial charge in [0.05, 0.1) is 13.2 Å². The van der Waals surface area contributed by atoms with E-state index in [0.717, 1.165) is 44.3 Å². The van der Waals surface area contributed by atoms with Crippen LogP contribution < -0.4 is 16.2 Å². The van der Waals surface area contributed by atoms with Crippen molar-refractivity contribution in [2.24, 2.45) is 11.5 Å². The molecule has 2 aromatic rings. The lowest BCUT2D eigenvalue weighted by Gasteiger charge is -2.11. The molecule has 0 spiro atoms. The molecular weight excluding hydrogens is 376 g/mol. The van der Waals surface area contributed by atoms with Gasteiger partial charge in [-0.1, -0.05) is 42.5 Å². The van der Waals surface area contributed by atoms with E-state index in [9.17, 15) is 4.79 Å². The first-order chi connectivity index (χ1) is 14.7. The molecule has 1 aliphatic carbocycles. The molecule has 5 nitrogen and oxygen atoms in total. The van der Waals surface area contributed by atoms with Gasteiger partial charge in [0.1, 0.15) is 11.8 Å². The maximum absolute atomic E-state index is 11.4. The molecule has 1 atom stereocenters. The minimum Gasteiger partial charge on any atom is -0.494 e. The van der Waals surface area contributed by atoms with Crippen LogP contribution in [0.1, 0.15) is 48.8 Å². The summed E-state index contributed by atoms with van der Waals surface area (Å²) < 4.78 is 11.1. The monoisotopic (exact) mass is 408 g/mol.